The number of hydrogen-bond acceptors (Lipinski definition) is 4. The van der Waals surface area contributed by atoms with Crippen LogP contribution in [0.4, 0.5) is 4.79 Å². The van der Waals surface area contributed by atoms with Crippen LogP contribution in [0.5, 0.6) is 0 Å². The summed E-state index contributed by atoms with van der Waals surface area (Å²) in [5, 5.41) is 8.09. The van der Waals surface area contributed by atoms with E-state index in [4.69, 9.17) is 4.74 Å². The fourth-order valence-corrected chi connectivity index (χ4v) is 4.08. The van der Waals surface area contributed by atoms with Crippen LogP contribution < -0.4 is 5.32 Å². The molecule has 1 saturated heterocycles. The summed E-state index contributed by atoms with van der Waals surface area (Å²) < 4.78 is 5.70. The standard InChI is InChI=1S/C17H28N3O2/c1-5-20(15(21)22-16(2,3)4)14-6-7-17(13(14)12-19-20)8-10-18-11-9-17/h12,18H,5-11H2,1-4H3/q+1. The summed E-state index contributed by atoms with van der Waals surface area (Å²) in [4.78, 5) is 12.8. The average Bonchev–Trinajstić information content (AvgIpc) is 2.99. The highest BCUT2D eigenvalue weighted by Gasteiger charge is 2.56. The topological polar surface area (TPSA) is 50.7 Å². The molecule has 5 nitrogen and oxygen atoms in total. The van der Waals surface area contributed by atoms with E-state index in [1.165, 1.54) is 11.3 Å². The summed E-state index contributed by atoms with van der Waals surface area (Å²) in [5.74, 6) is 0. The summed E-state index contributed by atoms with van der Waals surface area (Å²) in [6, 6.07) is 0. The number of piperidine rings is 1. The molecule has 1 amide bonds. The monoisotopic (exact) mass is 306 g/mol. The van der Waals surface area contributed by atoms with Crippen molar-refractivity contribution >= 4 is 12.3 Å². The smallest absolute Gasteiger partial charge is 0.412 e. The zero-order valence-corrected chi connectivity index (χ0v) is 14.2. The van der Waals surface area contributed by atoms with E-state index < -0.39 is 5.60 Å². The summed E-state index contributed by atoms with van der Waals surface area (Å²) in [5.41, 5.74) is 2.25. The largest absolute Gasteiger partial charge is 0.548 e. The molecule has 22 heavy (non-hydrogen) atoms. The van der Waals surface area contributed by atoms with Crippen molar-refractivity contribution in [2.45, 2.75) is 59.0 Å². The van der Waals surface area contributed by atoms with Crippen molar-refractivity contribution in [3.05, 3.63) is 11.3 Å². The highest BCUT2D eigenvalue weighted by molar-refractivity contribution is 5.85. The second-order valence-corrected chi connectivity index (χ2v) is 7.70. The fraction of sp³-hybridized carbons (Fsp3) is 0.765. The number of fused-ring (bicyclic) bond motifs is 1. The predicted octanol–water partition coefficient (Wildman–Crippen LogP) is 3.18. The first kappa shape index (κ1) is 15.7. The molecular weight excluding hydrogens is 278 g/mol. The summed E-state index contributed by atoms with van der Waals surface area (Å²) in [6.45, 7) is 10.5. The van der Waals surface area contributed by atoms with Crippen molar-refractivity contribution in [3.8, 4) is 0 Å². The van der Waals surface area contributed by atoms with Crippen LogP contribution in [-0.4, -0.2) is 42.1 Å². The molecule has 2 aliphatic heterocycles. The molecule has 0 aromatic rings. The van der Waals surface area contributed by atoms with Crippen LogP contribution in [0.2, 0.25) is 0 Å². The minimum atomic E-state index is -0.485. The van der Waals surface area contributed by atoms with E-state index in [0.29, 0.717) is 6.54 Å². The van der Waals surface area contributed by atoms with Gasteiger partial charge >= 0.3 is 6.09 Å². The molecule has 1 N–H and O–H groups in total. The first-order valence-corrected chi connectivity index (χ1v) is 8.45. The van der Waals surface area contributed by atoms with Crippen LogP contribution in [0.15, 0.2) is 16.4 Å². The molecule has 5 heteroatoms. The van der Waals surface area contributed by atoms with E-state index in [0.717, 1.165) is 38.8 Å². The molecule has 0 aromatic heterocycles. The van der Waals surface area contributed by atoms with Crippen LogP contribution in [-0.2, 0) is 4.74 Å². The molecule has 0 saturated carbocycles. The van der Waals surface area contributed by atoms with Gasteiger partial charge < -0.3 is 10.1 Å². The van der Waals surface area contributed by atoms with Gasteiger partial charge in [0.2, 0.25) is 0 Å². The number of rotatable bonds is 1. The molecule has 1 spiro atoms. The molecule has 1 atom stereocenters. The van der Waals surface area contributed by atoms with E-state index in [-0.39, 0.29) is 16.1 Å². The molecular formula is C17H28N3O2+. The lowest BCUT2D eigenvalue weighted by Crippen LogP contribution is -2.48. The number of hydrogen-bond donors (Lipinski definition) is 1. The number of quaternary nitrogens is 1. The van der Waals surface area contributed by atoms with Crippen molar-refractivity contribution < 1.29 is 14.1 Å². The summed E-state index contributed by atoms with van der Waals surface area (Å²) in [6.07, 6.45) is 6.14. The Morgan fingerprint density at radius 1 is 1.36 bits per heavy atom. The molecule has 1 aliphatic carbocycles. The van der Waals surface area contributed by atoms with Gasteiger partial charge in [-0.3, -0.25) is 0 Å². The van der Waals surface area contributed by atoms with Gasteiger partial charge in [0.05, 0.1) is 6.21 Å². The van der Waals surface area contributed by atoms with E-state index in [1.54, 1.807) is 0 Å². The Bertz CT molecular complexity index is 539. The third-order valence-corrected chi connectivity index (χ3v) is 5.27. The van der Waals surface area contributed by atoms with Crippen molar-refractivity contribution in [2.75, 3.05) is 19.6 Å². The van der Waals surface area contributed by atoms with Gasteiger partial charge in [0.15, 0.2) is 5.70 Å². The predicted molar refractivity (Wildman–Crippen MR) is 86.3 cm³/mol. The zero-order chi connectivity index (χ0) is 16.0. The van der Waals surface area contributed by atoms with Gasteiger partial charge in [0.1, 0.15) is 12.1 Å². The molecule has 122 valence electrons. The van der Waals surface area contributed by atoms with Gasteiger partial charge in [-0.15, -0.1) is 0 Å². The van der Waals surface area contributed by atoms with Gasteiger partial charge in [-0.1, -0.05) is 9.69 Å². The van der Waals surface area contributed by atoms with Crippen LogP contribution in [0.3, 0.4) is 0 Å². The van der Waals surface area contributed by atoms with Crippen LogP contribution in [0.1, 0.15) is 53.4 Å². The Balaban J connectivity index is 1.94. The molecule has 1 fully saturated rings. The molecule has 2 heterocycles. The van der Waals surface area contributed by atoms with Gasteiger partial charge in [-0.05, 0) is 60.0 Å². The Hall–Kier alpha value is -1.20. The van der Waals surface area contributed by atoms with Crippen LogP contribution in [0, 0.1) is 5.41 Å². The number of amides is 1. The molecule has 3 rings (SSSR count). The Labute approximate surface area is 133 Å². The first-order valence-electron chi connectivity index (χ1n) is 8.45. The lowest BCUT2D eigenvalue weighted by molar-refractivity contribution is -0.824. The normalized spacial score (nSPS) is 30.0. The quantitative estimate of drug-likeness (QED) is 0.757. The number of carbonyl (C=O) groups is 1. The summed E-state index contributed by atoms with van der Waals surface area (Å²) in [7, 11) is 0. The van der Waals surface area contributed by atoms with Crippen LogP contribution in [0.25, 0.3) is 0 Å². The van der Waals surface area contributed by atoms with Crippen molar-refractivity contribution in [3.63, 3.8) is 0 Å². The molecule has 0 bridgehead atoms. The molecule has 0 radical (unpaired) electrons. The Morgan fingerprint density at radius 3 is 2.64 bits per heavy atom. The summed E-state index contributed by atoms with van der Waals surface area (Å²) >= 11 is 0. The first-order chi connectivity index (χ1) is 10.3. The minimum Gasteiger partial charge on any atom is -0.412 e. The maximum Gasteiger partial charge on any atom is 0.548 e. The Kier molecular flexibility index (Phi) is 3.68. The number of nitrogens with zero attached hydrogens (tertiary/aromatic N) is 2. The molecule has 1 unspecified atom stereocenters. The van der Waals surface area contributed by atoms with Gasteiger partial charge in [0.25, 0.3) is 0 Å². The molecule has 3 aliphatic rings. The van der Waals surface area contributed by atoms with E-state index in [9.17, 15) is 4.79 Å². The lowest BCUT2D eigenvalue weighted by atomic mass is 9.74. The van der Waals surface area contributed by atoms with Gasteiger partial charge in [0, 0.05) is 17.4 Å². The van der Waals surface area contributed by atoms with Gasteiger partial charge in [-0.25, -0.2) is 0 Å². The molecule has 0 aromatic carbocycles. The lowest BCUT2D eigenvalue weighted by Gasteiger charge is -2.34. The number of ether oxygens (including phenoxy) is 1. The second-order valence-electron chi connectivity index (χ2n) is 7.70. The van der Waals surface area contributed by atoms with E-state index in [1.807, 2.05) is 33.9 Å². The SMILES string of the molecule is CC[N+]1(C(=O)OC(C)(C)C)N=CC2=C1CCC21CCNCC1. The van der Waals surface area contributed by atoms with E-state index in [2.05, 4.69) is 10.4 Å². The number of allylic oxidation sites excluding steroid dienone is 2. The maximum absolute atomic E-state index is 12.8. The number of nitrogens with one attached hydrogen (secondary N) is 1. The third-order valence-electron chi connectivity index (χ3n) is 5.27. The average molecular weight is 306 g/mol. The Morgan fingerprint density at radius 2 is 2.05 bits per heavy atom. The van der Waals surface area contributed by atoms with E-state index >= 15 is 0 Å². The van der Waals surface area contributed by atoms with Crippen LogP contribution >= 0.6 is 0 Å². The van der Waals surface area contributed by atoms with Gasteiger partial charge in [-0.2, -0.15) is 4.79 Å². The second kappa shape index (κ2) is 5.17. The van der Waals surface area contributed by atoms with Crippen molar-refractivity contribution in [2.24, 2.45) is 10.5 Å². The maximum atomic E-state index is 12.8. The zero-order valence-electron chi connectivity index (χ0n) is 14.2. The third kappa shape index (κ3) is 2.31. The van der Waals surface area contributed by atoms with Crippen molar-refractivity contribution in [1.82, 2.24) is 5.32 Å². The highest BCUT2D eigenvalue weighted by Crippen LogP contribution is 2.53. The highest BCUT2D eigenvalue weighted by atomic mass is 16.6. The van der Waals surface area contributed by atoms with Crippen molar-refractivity contribution in [1.29, 1.82) is 0 Å². The number of carbonyl (C=O) groups excluding carboxylic acids is 1. The fourth-order valence-electron chi connectivity index (χ4n) is 4.08. The minimum absolute atomic E-state index is 0.0295.